The van der Waals surface area contributed by atoms with E-state index in [1.165, 1.54) is 12.8 Å². The van der Waals surface area contributed by atoms with Crippen LogP contribution >= 0.6 is 0 Å². The molecule has 2 atom stereocenters. The van der Waals surface area contributed by atoms with Gasteiger partial charge in [-0.3, -0.25) is 9.36 Å². The van der Waals surface area contributed by atoms with Crippen LogP contribution in [0.15, 0.2) is 48.9 Å². The second kappa shape index (κ2) is 6.78. The number of piperidine rings is 1. The lowest BCUT2D eigenvalue weighted by molar-refractivity contribution is -0.117. The van der Waals surface area contributed by atoms with E-state index in [4.69, 9.17) is 0 Å². The molecule has 2 bridgehead atoms. The SMILES string of the molecule is O=C(CC1CC2CCC(C1)N2)Nc1ccc(-n2cnc3ccccc32)nc1. The summed E-state index contributed by atoms with van der Waals surface area (Å²) in [6.45, 7) is 0. The Morgan fingerprint density at radius 2 is 1.93 bits per heavy atom. The first-order valence-corrected chi connectivity index (χ1v) is 9.69. The molecule has 2 aliphatic heterocycles. The molecule has 0 spiro atoms. The molecule has 2 aliphatic rings. The van der Waals surface area contributed by atoms with Gasteiger partial charge in [-0.25, -0.2) is 9.97 Å². The van der Waals surface area contributed by atoms with Crippen molar-refractivity contribution in [2.24, 2.45) is 5.92 Å². The summed E-state index contributed by atoms with van der Waals surface area (Å²) < 4.78 is 1.95. The molecule has 138 valence electrons. The lowest BCUT2D eigenvalue weighted by atomic mass is 9.89. The highest BCUT2D eigenvalue weighted by Crippen LogP contribution is 2.32. The third-order valence-corrected chi connectivity index (χ3v) is 5.78. The van der Waals surface area contributed by atoms with Gasteiger partial charge in [0.15, 0.2) is 0 Å². The first-order valence-electron chi connectivity index (χ1n) is 9.69. The van der Waals surface area contributed by atoms with Crippen LogP contribution < -0.4 is 10.6 Å². The van der Waals surface area contributed by atoms with Gasteiger partial charge in [0, 0.05) is 18.5 Å². The van der Waals surface area contributed by atoms with Crippen molar-refractivity contribution >= 4 is 22.6 Å². The van der Waals surface area contributed by atoms with Crippen molar-refractivity contribution in [1.82, 2.24) is 19.9 Å². The van der Waals surface area contributed by atoms with E-state index in [1.54, 1.807) is 12.5 Å². The molecule has 6 nitrogen and oxygen atoms in total. The monoisotopic (exact) mass is 361 g/mol. The molecular weight excluding hydrogens is 338 g/mol. The average molecular weight is 361 g/mol. The maximum absolute atomic E-state index is 12.4. The molecule has 2 unspecified atom stereocenters. The standard InChI is InChI=1S/C21H23N5O/c27-21(11-14-9-15-5-6-16(10-14)24-15)25-17-7-8-20(22-12-17)26-13-23-18-3-1-2-4-19(18)26/h1-4,7-8,12-16,24H,5-6,9-11H2,(H,25,27). The maximum atomic E-state index is 12.4. The molecule has 4 heterocycles. The molecule has 5 rings (SSSR count). The van der Waals surface area contributed by atoms with E-state index < -0.39 is 0 Å². The number of para-hydroxylation sites is 2. The number of nitrogens with zero attached hydrogens (tertiary/aromatic N) is 3. The Hall–Kier alpha value is -2.73. The van der Waals surface area contributed by atoms with Crippen LogP contribution in [-0.4, -0.2) is 32.5 Å². The highest BCUT2D eigenvalue weighted by atomic mass is 16.1. The Labute approximate surface area is 158 Å². The lowest BCUT2D eigenvalue weighted by Gasteiger charge is -2.28. The lowest BCUT2D eigenvalue weighted by Crippen LogP contribution is -2.39. The first-order chi connectivity index (χ1) is 13.2. The molecule has 27 heavy (non-hydrogen) atoms. The Morgan fingerprint density at radius 1 is 1.11 bits per heavy atom. The Bertz CT molecular complexity index is 952. The zero-order chi connectivity index (χ0) is 18.2. The number of pyridine rings is 1. The van der Waals surface area contributed by atoms with E-state index in [0.717, 1.165) is 35.4 Å². The van der Waals surface area contributed by atoms with Gasteiger partial charge < -0.3 is 10.6 Å². The summed E-state index contributed by atoms with van der Waals surface area (Å²) in [4.78, 5) is 21.3. The number of fused-ring (bicyclic) bond motifs is 3. The van der Waals surface area contributed by atoms with Crippen molar-refractivity contribution in [2.45, 2.75) is 44.2 Å². The van der Waals surface area contributed by atoms with Gasteiger partial charge in [0.05, 0.1) is 22.9 Å². The number of benzene rings is 1. The van der Waals surface area contributed by atoms with E-state index in [2.05, 4.69) is 20.6 Å². The Morgan fingerprint density at radius 3 is 2.70 bits per heavy atom. The van der Waals surface area contributed by atoms with Gasteiger partial charge in [0.2, 0.25) is 5.91 Å². The van der Waals surface area contributed by atoms with Crippen molar-refractivity contribution in [3.8, 4) is 5.82 Å². The number of imidazole rings is 1. The highest BCUT2D eigenvalue weighted by Gasteiger charge is 2.34. The van der Waals surface area contributed by atoms with Crippen molar-refractivity contribution in [1.29, 1.82) is 0 Å². The number of hydrogen-bond acceptors (Lipinski definition) is 4. The fourth-order valence-electron chi connectivity index (χ4n) is 4.56. The molecule has 6 heteroatoms. The van der Waals surface area contributed by atoms with Crippen LogP contribution in [0.3, 0.4) is 0 Å². The normalized spacial score (nSPS) is 24.2. The van der Waals surface area contributed by atoms with Gasteiger partial charge in [-0.2, -0.15) is 0 Å². The van der Waals surface area contributed by atoms with E-state index >= 15 is 0 Å². The second-order valence-electron chi connectivity index (χ2n) is 7.74. The van der Waals surface area contributed by atoms with Gasteiger partial charge in [0.25, 0.3) is 0 Å². The highest BCUT2D eigenvalue weighted by molar-refractivity contribution is 5.90. The molecule has 0 aliphatic carbocycles. The molecule has 2 fully saturated rings. The van der Waals surface area contributed by atoms with Crippen LogP contribution in [0, 0.1) is 5.92 Å². The molecule has 1 amide bonds. The quantitative estimate of drug-likeness (QED) is 0.748. The molecule has 2 saturated heterocycles. The largest absolute Gasteiger partial charge is 0.325 e. The summed E-state index contributed by atoms with van der Waals surface area (Å²) >= 11 is 0. The van der Waals surface area contributed by atoms with Crippen LogP contribution in [-0.2, 0) is 4.79 Å². The number of rotatable bonds is 4. The average Bonchev–Trinajstić information content (AvgIpc) is 3.25. The number of anilines is 1. The maximum Gasteiger partial charge on any atom is 0.224 e. The molecule has 2 aromatic heterocycles. The predicted octanol–water partition coefficient (Wildman–Crippen LogP) is 3.28. The molecule has 0 saturated carbocycles. The summed E-state index contributed by atoms with van der Waals surface area (Å²) in [5.41, 5.74) is 2.69. The van der Waals surface area contributed by atoms with Gasteiger partial charge in [-0.1, -0.05) is 12.1 Å². The van der Waals surface area contributed by atoms with Crippen molar-refractivity contribution in [2.75, 3.05) is 5.32 Å². The minimum Gasteiger partial charge on any atom is -0.325 e. The summed E-state index contributed by atoms with van der Waals surface area (Å²) in [7, 11) is 0. The fraction of sp³-hybridized carbons (Fsp3) is 0.381. The Kier molecular flexibility index (Phi) is 4.13. The van der Waals surface area contributed by atoms with Crippen molar-refractivity contribution < 1.29 is 4.79 Å². The van der Waals surface area contributed by atoms with Gasteiger partial charge in [0.1, 0.15) is 12.1 Å². The van der Waals surface area contributed by atoms with Gasteiger partial charge >= 0.3 is 0 Å². The number of carbonyl (C=O) groups is 1. The molecule has 3 aromatic rings. The van der Waals surface area contributed by atoms with Crippen LogP contribution in [0.5, 0.6) is 0 Å². The van der Waals surface area contributed by atoms with Crippen molar-refractivity contribution in [3.63, 3.8) is 0 Å². The van der Waals surface area contributed by atoms with Crippen LogP contribution in [0.4, 0.5) is 5.69 Å². The zero-order valence-corrected chi connectivity index (χ0v) is 15.1. The summed E-state index contributed by atoms with van der Waals surface area (Å²) in [5.74, 6) is 1.37. The third kappa shape index (κ3) is 3.32. The predicted molar refractivity (Wildman–Crippen MR) is 105 cm³/mol. The summed E-state index contributed by atoms with van der Waals surface area (Å²) in [6.07, 6.45) is 8.85. The van der Waals surface area contributed by atoms with Gasteiger partial charge in [-0.05, 0) is 55.9 Å². The van der Waals surface area contributed by atoms with Crippen LogP contribution in [0.1, 0.15) is 32.1 Å². The smallest absolute Gasteiger partial charge is 0.224 e. The van der Waals surface area contributed by atoms with E-state index in [0.29, 0.717) is 24.4 Å². The van der Waals surface area contributed by atoms with E-state index in [-0.39, 0.29) is 5.91 Å². The summed E-state index contributed by atoms with van der Waals surface area (Å²) in [5, 5.41) is 6.63. The van der Waals surface area contributed by atoms with Crippen LogP contribution in [0.2, 0.25) is 0 Å². The number of aromatic nitrogens is 3. The van der Waals surface area contributed by atoms with Gasteiger partial charge in [-0.15, -0.1) is 0 Å². The molecule has 2 N–H and O–H groups in total. The van der Waals surface area contributed by atoms with Crippen molar-refractivity contribution in [3.05, 3.63) is 48.9 Å². The molecule has 0 radical (unpaired) electrons. The summed E-state index contributed by atoms with van der Waals surface area (Å²) in [6, 6.07) is 13.0. The zero-order valence-electron chi connectivity index (χ0n) is 15.1. The van der Waals surface area contributed by atoms with E-state index in [1.807, 2.05) is 41.0 Å². The van der Waals surface area contributed by atoms with E-state index in [9.17, 15) is 4.79 Å². The third-order valence-electron chi connectivity index (χ3n) is 5.78. The topological polar surface area (TPSA) is 71.8 Å². The Balaban J connectivity index is 1.24. The molecular formula is C21H23N5O. The minimum absolute atomic E-state index is 0.0870. The number of carbonyl (C=O) groups excluding carboxylic acids is 1. The second-order valence-corrected chi connectivity index (χ2v) is 7.74. The van der Waals surface area contributed by atoms with Crippen LogP contribution in [0.25, 0.3) is 16.9 Å². The first kappa shape index (κ1) is 16.4. The fourth-order valence-corrected chi connectivity index (χ4v) is 4.56. The number of amides is 1. The minimum atomic E-state index is 0.0870. The molecule has 1 aromatic carbocycles. The number of nitrogens with one attached hydrogen (secondary N) is 2. The number of hydrogen-bond donors (Lipinski definition) is 2.